The van der Waals surface area contributed by atoms with E-state index in [1.807, 2.05) is 24.3 Å². The van der Waals surface area contributed by atoms with Crippen LogP contribution in [0.15, 0.2) is 42.5 Å². The zero-order valence-electron chi connectivity index (χ0n) is 13.3. The normalized spacial score (nSPS) is 15.3. The summed E-state index contributed by atoms with van der Waals surface area (Å²) >= 11 is 0. The van der Waals surface area contributed by atoms with Crippen LogP contribution in [0.5, 0.6) is 5.75 Å². The predicted octanol–water partition coefficient (Wildman–Crippen LogP) is 2.85. The second-order valence-electron chi connectivity index (χ2n) is 6.18. The van der Waals surface area contributed by atoms with Crippen LogP contribution >= 0.6 is 0 Å². The van der Waals surface area contributed by atoms with Gasteiger partial charge < -0.3 is 15.8 Å². The summed E-state index contributed by atoms with van der Waals surface area (Å²) in [5.41, 5.74) is 5.71. The summed E-state index contributed by atoms with van der Waals surface area (Å²) in [6.07, 6.45) is 3.56. The monoisotopic (exact) mass is 312 g/mol. The van der Waals surface area contributed by atoms with Crippen molar-refractivity contribution in [3.8, 4) is 5.75 Å². The third-order valence-electron chi connectivity index (χ3n) is 4.35. The van der Waals surface area contributed by atoms with Gasteiger partial charge in [-0.05, 0) is 36.6 Å². The van der Waals surface area contributed by atoms with Crippen molar-refractivity contribution in [3.63, 3.8) is 0 Å². The summed E-state index contributed by atoms with van der Waals surface area (Å²) in [4.78, 5) is 11.9. The summed E-state index contributed by atoms with van der Waals surface area (Å²) in [6.45, 7) is 1.07. The number of ether oxygens (including phenoxy) is 1. The number of nitrogens with two attached hydrogens (primary N) is 1. The highest BCUT2D eigenvalue weighted by atomic mass is 16.5. The number of carbonyl (C=O) groups is 1. The lowest BCUT2D eigenvalue weighted by atomic mass is 10.1. The molecule has 2 aromatic carbocycles. The van der Waals surface area contributed by atoms with Crippen LogP contribution in [0.4, 0.5) is 0 Å². The fourth-order valence-corrected chi connectivity index (χ4v) is 2.88. The van der Waals surface area contributed by atoms with Crippen molar-refractivity contribution in [2.24, 2.45) is 11.7 Å². The molecule has 122 valence electrons. The Labute approximate surface area is 137 Å². The molecule has 3 N–H and O–H groups in total. The highest BCUT2D eigenvalue weighted by Crippen LogP contribution is 2.32. The Hall–Kier alpha value is -2.07. The van der Waals surface area contributed by atoms with Crippen LogP contribution in [0.2, 0.25) is 0 Å². The van der Waals surface area contributed by atoms with Crippen molar-refractivity contribution in [1.82, 2.24) is 5.32 Å². The topological polar surface area (TPSA) is 64.3 Å². The van der Waals surface area contributed by atoms with Gasteiger partial charge in [-0.3, -0.25) is 4.79 Å². The molecule has 1 aliphatic carbocycles. The molecule has 1 amide bonds. The molecular formula is C19H24N2O2. The fourth-order valence-electron chi connectivity index (χ4n) is 2.88. The first kappa shape index (κ1) is 15.8. The van der Waals surface area contributed by atoms with Gasteiger partial charge in [0.15, 0.2) is 0 Å². The van der Waals surface area contributed by atoms with Crippen molar-refractivity contribution in [2.45, 2.75) is 31.7 Å². The van der Waals surface area contributed by atoms with Crippen LogP contribution < -0.4 is 15.8 Å². The van der Waals surface area contributed by atoms with Crippen LogP contribution in [0.25, 0.3) is 10.8 Å². The highest BCUT2D eigenvalue weighted by Gasteiger charge is 2.30. The molecule has 23 heavy (non-hydrogen) atoms. The van der Waals surface area contributed by atoms with Crippen molar-refractivity contribution in [1.29, 1.82) is 0 Å². The Morgan fingerprint density at radius 2 is 2.00 bits per heavy atom. The molecule has 1 aliphatic rings. The maximum absolute atomic E-state index is 11.9. The molecule has 0 saturated heterocycles. The Morgan fingerprint density at radius 1 is 1.22 bits per heavy atom. The van der Waals surface area contributed by atoms with Gasteiger partial charge in [0, 0.05) is 24.4 Å². The zero-order chi connectivity index (χ0) is 16.1. The first-order chi connectivity index (χ1) is 11.3. The Bertz CT molecular complexity index is 662. The Morgan fingerprint density at radius 3 is 2.78 bits per heavy atom. The van der Waals surface area contributed by atoms with E-state index in [1.54, 1.807) is 0 Å². The van der Waals surface area contributed by atoms with Crippen molar-refractivity contribution in [3.05, 3.63) is 42.5 Å². The number of hydrogen-bond acceptors (Lipinski definition) is 3. The van der Waals surface area contributed by atoms with Crippen molar-refractivity contribution < 1.29 is 9.53 Å². The number of rotatable bonds is 8. The van der Waals surface area contributed by atoms with Gasteiger partial charge in [0.25, 0.3) is 0 Å². The Kier molecular flexibility index (Phi) is 5.13. The van der Waals surface area contributed by atoms with Gasteiger partial charge in [-0.1, -0.05) is 36.4 Å². The first-order valence-corrected chi connectivity index (χ1v) is 8.38. The summed E-state index contributed by atoms with van der Waals surface area (Å²) in [5.74, 6) is 1.55. The third-order valence-corrected chi connectivity index (χ3v) is 4.35. The summed E-state index contributed by atoms with van der Waals surface area (Å²) < 4.78 is 5.86. The number of nitrogens with one attached hydrogen (secondary N) is 1. The van der Waals surface area contributed by atoms with Crippen LogP contribution in [0.1, 0.15) is 25.7 Å². The number of hydrogen-bond donors (Lipinski definition) is 2. The fraction of sp³-hybridized carbons (Fsp3) is 0.421. The number of carbonyl (C=O) groups excluding carboxylic acids is 1. The minimum absolute atomic E-state index is 0.0777. The van der Waals surface area contributed by atoms with Gasteiger partial charge in [-0.25, -0.2) is 0 Å². The number of benzene rings is 2. The average molecular weight is 312 g/mol. The van der Waals surface area contributed by atoms with E-state index in [0.717, 1.165) is 16.5 Å². The summed E-state index contributed by atoms with van der Waals surface area (Å²) in [6, 6.07) is 14.3. The van der Waals surface area contributed by atoms with E-state index in [-0.39, 0.29) is 11.9 Å². The molecule has 0 spiro atoms. The molecule has 1 saturated carbocycles. The van der Waals surface area contributed by atoms with Crippen LogP contribution in [0, 0.1) is 5.92 Å². The predicted molar refractivity (Wildman–Crippen MR) is 92.4 cm³/mol. The smallest absolute Gasteiger partial charge is 0.220 e. The van der Waals surface area contributed by atoms with Crippen molar-refractivity contribution >= 4 is 16.7 Å². The summed E-state index contributed by atoms with van der Waals surface area (Å²) in [5, 5.41) is 5.31. The van der Waals surface area contributed by atoms with Crippen molar-refractivity contribution in [2.75, 3.05) is 13.2 Å². The molecule has 2 aromatic rings. The molecule has 4 nitrogen and oxygen atoms in total. The van der Waals surface area contributed by atoms with E-state index in [9.17, 15) is 4.79 Å². The van der Waals surface area contributed by atoms with Gasteiger partial charge in [-0.2, -0.15) is 0 Å². The maximum atomic E-state index is 11.9. The van der Waals surface area contributed by atoms with Gasteiger partial charge >= 0.3 is 0 Å². The lowest BCUT2D eigenvalue weighted by molar-refractivity contribution is -0.122. The standard InChI is InChI=1S/C19H24N2O2/c20-13-17(15-10-11-15)21-19(22)9-4-12-23-18-8-3-6-14-5-1-2-7-16(14)18/h1-3,5-8,15,17H,4,9-13,20H2,(H,21,22). The SMILES string of the molecule is NCC(NC(=O)CCCOc1cccc2ccccc12)C1CC1. The molecule has 4 heteroatoms. The zero-order valence-corrected chi connectivity index (χ0v) is 13.3. The molecule has 0 heterocycles. The van der Waals surface area contributed by atoms with Crippen LogP contribution in [-0.2, 0) is 4.79 Å². The average Bonchev–Trinajstić information content (AvgIpc) is 3.41. The molecule has 0 aromatic heterocycles. The first-order valence-electron chi connectivity index (χ1n) is 8.38. The van der Waals surface area contributed by atoms with E-state index in [4.69, 9.17) is 10.5 Å². The molecule has 1 unspecified atom stereocenters. The van der Waals surface area contributed by atoms with Gasteiger partial charge in [0.2, 0.25) is 5.91 Å². The Balaban J connectivity index is 1.44. The molecular weight excluding hydrogens is 288 g/mol. The third kappa shape index (κ3) is 4.23. The second-order valence-corrected chi connectivity index (χ2v) is 6.18. The lowest BCUT2D eigenvalue weighted by Crippen LogP contribution is -2.41. The van der Waals surface area contributed by atoms with Crippen LogP contribution in [0.3, 0.4) is 0 Å². The number of fused-ring (bicyclic) bond motifs is 1. The van der Waals surface area contributed by atoms with Crippen LogP contribution in [-0.4, -0.2) is 25.1 Å². The quantitative estimate of drug-likeness (QED) is 0.737. The minimum atomic E-state index is 0.0777. The molecule has 0 aliphatic heterocycles. The summed E-state index contributed by atoms with van der Waals surface area (Å²) in [7, 11) is 0. The van der Waals surface area contributed by atoms with Gasteiger partial charge in [0.1, 0.15) is 5.75 Å². The van der Waals surface area contributed by atoms with Gasteiger partial charge in [-0.15, -0.1) is 0 Å². The second kappa shape index (κ2) is 7.47. The largest absolute Gasteiger partial charge is 0.493 e. The minimum Gasteiger partial charge on any atom is -0.493 e. The molecule has 1 atom stereocenters. The van der Waals surface area contributed by atoms with E-state index in [1.165, 1.54) is 12.8 Å². The van der Waals surface area contributed by atoms with E-state index in [0.29, 0.717) is 31.9 Å². The maximum Gasteiger partial charge on any atom is 0.220 e. The molecule has 0 bridgehead atoms. The number of amides is 1. The molecule has 0 radical (unpaired) electrons. The van der Waals surface area contributed by atoms with E-state index >= 15 is 0 Å². The lowest BCUT2D eigenvalue weighted by Gasteiger charge is -2.16. The highest BCUT2D eigenvalue weighted by molar-refractivity contribution is 5.88. The molecule has 3 rings (SSSR count). The van der Waals surface area contributed by atoms with E-state index in [2.05, 4.69) is 23.5 Å². The van der Waals surface area contributed by atoms with Gasteiger partial charge in [0.05, 0.1) is 6.61 Å². The molecule has 1 fully saturated rings. The van der Waals surface area contributed by atoms with E-state index < -0.39 is 0 Å².